The van der Waals surface area contributed by atoms with E-state index in [1.807, 2.05) is 0 Å². The Kier molecular flexibility index (Phi) is 7.88. The van der Waals surface area contributed by atoms with Crippen molar-refractivity contribution in [3.8, 4) is 0 Å². The SMILES string of the molecule is CC(C)(C)NC(=O)O.NCCN. The number of hydrogen-bond acceptors (Lipinski definition) is 3. The molecule has 0 unspecified atom stereocenters. The van der Waals surface area contributed by atoms with Gasteiger partial charge in [-0.15, -0.1) is 0 Å². The maximum absolute atomic E-state index is 9.90. The molecule has 0 aliphatic carbocycles. The summed E-state index contributed by atoms with van der Waals surface area (Å²) in [7, 11) is 0. The molecule has 0 spiro atoms. The van der Waals surface area contributed by atoms with Gasteiger partial charge in [0, 0.05) is 18.6 Å². The minimum Gasteiger partial charge on any atom is -0.465 e. The molecule has 5 nitrogen and oxygen atoms in total. The number of nitrogens with one attached hydrogen (secondary N) is 1. The van der Waals surface area contributed by atoms with Crippen molar-refractivity contribution in [3.63, 3.8) is 0 Å². The van der Waals surface area contributed by atoms with Crippen molar-refractivity contribution in [3.05, 3.63) is 0 Å². The normalized spacial score (nSPS) is 9.75. The molecule has 0 aliphatic heterocycles. The molecule has 74 valence electrons. The Bertz CT molecular complexity index is 118. The van der Waals surface area contributed by atoms with Crippen molar-refractivity contribution in [2.45, 2.75) is 26.3 Å². The third-order valence-corrected chi connectivity index (χ3v) is 0.649. The van der Waals surface area contributed by atoms with E-state index in [1.54, 1.807) is 20.8 Å². The van der Waals surface area contributed by atoms with Gasteiger partial charge in [-0.2, -0.15) is 0 Å². The lowest BCUT2D eigenvalue weighted by Crippen LogP contribution is -2.39. The summed E-state index contributed by atoms with van der Waals surface area (Å²) in [5, 5.41) is 10.4. The van der Waals surface area contributed by atoms with Crippen LogP contribution in [0.5, 0.6) is 0 Å². The molecule has 5 heteroatoms. The summed E-state index contributed by atoms with van der Waals surface area (Å²) in [5.74, 6) is 0. The molecular weight excluding hydrogens is 158 g/mol. The van der Waals surface area contributed by atoms with Gasteiger partial charge < -0.3 is 21.9 Å². The molecule has 0 aliphatic rings. The molecule has 0 fully saturated rings. The van der Waals surface area contributed by atoms with Gasteiger partial charge in [-0.1, -0.05) is 0 Å². The van der Waals surface area contributed by atoms with E-state index >= 15 is 0 Å². The van der Waals surface area contributed by atoms with Crippen molar-refractivity contribution >= 4 is 6.09 Å². The summed E-state index contributed by atoms with van der Waals surface area (Å²) < 4.78 is 0. The lowest BCUT2D eigenvalue weighted by atomic mass is 10.1. The zero-order valence-corrected chi connectivity index (χ0v) is 7.92. The molecule has 0 atom stereocenters. The Balaban J connectivity index is 0. The summed E-state index contributed by atoms with van der Waals surface area (Å²) in [6.45, 7) is 6.57. The topological polar surface area (TPSA) is 101 Å². The summed E-state index contributed by atoms with van der Waals surface area (Å²) in [6, 6.07) is 0. The maximum Gasteiger partial charge on any atom is 0.405 e. The van der Waals surface area contributed by atoms with E-state index in [-0.39, 0.29) is 5.54 Å². The van der Waals surface area contributed by atoms with Gasteiger partial charge in [0.15, 0.2) is 0 Å². The van der Waals surface area contributed by atoms with E-state index in [0.717, 1.165) is 0 Å². The molecule has 0 heterocycles. The Hall–Kier alpha value is -0.810. The van der Waals surface area contributed by atoms with Crippen molar-refractivity contribution in [1.29, 1.82) is 0 Å². The highest BCUT2D eigenvalue weighted by atomic mass is 16.4. The second-order valence-corrected chi connectivity index (χ2v) is 3.26. The number of carboxylic acid groups (broad SMARTS) is 1. The minimum atomic E-state index is -0.975. The smallest absolute Gasteiger partial charge is 0.405 e. The highest BCUT2D eigenvalue weighted by molar-refractivity contribution is 5.65. The Morgan fingerprint density at radius 2 is 1.67 bits per heavy atom. The monoisotopic (exact) mass is 177 g/mol. The van der Waals surface area contributed by atoms with E-state index in [2.05, 4.69) is 5.32 Å². The molecule has 0 bridgehead atoms. The fraction of sp³-hybridized carbons (Fsp3) is 0.857. The number of hydrogen-bond donors (Lipinski definition) is 4. The van der Waals surface area contributed by atoms with Gasteiger partial charge in [0.1, 0.15) is 0 Å². The van der Waals surface area contributed by atoms with Crippen molar-refractivity contribution < 1.29 is 9.90 Å². The largest absolute Gasteiger partial charge is 0.465 e. The van der Waals surface area contributed by atoms with Gasteiger partial charge in [0.05, 0.1) is 0 Å². The van der Waals surface area contributed by atoms with Crippen LogP contribution in [0.3, 0.4) is 0 Å². The molecule has 0 radical (unpaired) electrons. The van der Waals surface area contributed by atoms with Crippen LogP contribution in [-0.2, 0) is 0 Å². The Morgan fingerprint density at radius 1 is 1.33 bits per heavy atom. The maximum atomic E-state index is 9.90. The average molecular weight is 177 g/mol. The van der Waals surface area contributed by atoms with E-state index in [4.69, 9.17) is 16.6 Å². The molecular formula is C7H19N3O2. The quantitative estimate of drug-likeness (QED) is 0.451. The lowest BCUT2D eigenvalue weighted by Gasteiger charge is -2.16. The van der Waals surface area contributed by atoms with Gasteiger partial charge in [-0.3, -0.25) is 0 Å². The molecule has 0 aromatic carbocycles. The van der Waals surface area contributed by atoms with Crippen molar-refractivity contribution in [2.75, 3.05) is 13.1 Å². The van der Waals surface area contributed by atoms with E-state index in [1.165, 1.54) is 0 Å². The van der Waals surface area contributed by atoms with Crippen LogP contribution in [0.25, 0.3) is 0 Å². The predicted octanol–water partition coefficient (Wildman–Crippen LogP) is -0.0437. The third-order valence-electron chi connectivity index (χ3n) is 0.649. The van der Waals surface area contributed by atoms with Gasteiger partial charge in [-0.05, 0) is 20.8 Å². The average Bonchev–Trinajstić information content (AvgIpc) is 1.83. The third kappa shape index (κ3) is 22.9. The van der Waals surface area contributed by atoms with Crippen molar-refractivity contribution in [1.82, 2.24) is 5.32 Å². The Labute approximate surface area is 73.1 Å². The van der Waals surface area contributed by atoms with Gasteiger partial charge in [0.25, 0.3) is 0 Å². The van der Waals surface area contributed by atoms with Crippen LogP contribution < -0.4 is 16.8 Å². The number of carbonyl (C=O) groups is 1. The van der Waals surface area contributed by atoms with E-state index < -0.39 is 6.09 Å². The van der Waals surface area contributed by atoms with Crippen molar-refractivity contribution in [2.24, 2.45) is 11.5 Å². The highest BCUT2D eigenvalue weighted by Gasteiger charge is 2.10. The standard InChI is InChI=1S/C5H11NO2.C2H8N2/c1-5(2,3)6-4(7)8;3-1-2-4/h6H,1-3H3,(H,7,8);1-4H2. The van der Waals surface area contributed by atoms with Crippen LogP contribution in [-0.4, -0.2) is 29.8 Å². The van der Waals surface area contributed by atoms with Crippen LogP contribution in [0.1, 0.15) is 20.8 Å². The molecule has 0 rings (SSSR count). The number of rotatable bonds is 1. The Morgan fingerprint density at radius 3 is 1.67 bits per heavy atom. The van der Waals surface area contributed by atoms with E-state index in [9.17, 15) is 4.79 Å². The number of amides is 1. The number of nitrogens with two attached hydrogens (primary N) is 2. The molecule has 0 aromatic heterocycles. The summed E-state index contributed by atoms with van der Waals surface area (Å²) >= 11 is 0. The molecule has 0 aromatic rings. The molecule has 12 heavy (non-hydrogen) atoms. The first-order chi connectivity index (χ1) is 5.33. The summed E-state index contributed by atoms with van der Waals surface area (Å²) in [6.07, 6.45) is -0.975. The van der Waals surface area contributed by atoms with Crippen LogP contribution in [0, 0.1) is 0 Å². The van der Waals surface area contributed by atoms with Gasteiger partial charge in [0.2, 0.25) is 0 Å². The summed E-state index contributed by atoms with van der Waals surface area (Å²) in [5.41, 5.74) is 9.48. The fourth-order valence-corrected chi connectivity index (χ4v) is 0.321. The summed E-state index contributed by atoms with van der Waals surface area (Å²) in [4.78, 5) is 9.90. The minimum absolute atomic E-state index is 0.328. The van der Waals surface area contributed by atoms with Crippen LogP contribution in [0.2, 0.25) is 0 Å². The highest BCUT2D eigenvalue weighted by Crippen LogP contribution is 1.96. The van der Waals surface area contributed by atoms with E-state index in [0.29, 0.717) is 13.1 Å². The lowest BCUT2D eigenvalue weighted by molar-refractivity contribution is 0.184. The van der Waals surface area contributed by atoms with Gasteiger partial charge in [-0.25, -0.2) is 4.79 Å². The van der Waals surface area contributed by atoms with Crippen LogP contribution >= 0.6 is 0 Å². The first-order valence-corrected chi connectivity index (χ1v) is 3.74. The van der Waals surface area contributed by atoms with Crippen LogP contribution in [0.4, 0.5) is 4.79 Å². The first-order valence-electron chi connectivity index (χ1n) is 3.74. The fourth-order valence-electron chi connectivity index (χ4n) is 0.321. The zero-order chi connectivity index (χ0) is 10.2. The van der Waals surface area contributed by atoms with Crippen LogP contribution in [0.15, 0.2) is 0 Å². The zero-order valence-electron chi connectivity index (χ0n) is 7.92. The second kappa shape index (κ2) is 6.87. The first kappa shape index (κ1) is 13.8. The predicted molar refractivity (Wildman–Crippen MR) is 49.0 cm³/mol. The second-order valence-electron chi connectivity index (χ2n) is 3.26. The molecule has 0 saturated heterocycles. The molecule has 1 amide bonds. The molecule has 0 saturated carbocycles. The molecule has 6 N–H and O–H groups in total. The van der Waals surface area contributed by atoms with Gasteiger partial charge >= 0.3 is 6.09 Å².